The maximum atomic E-state index is 5.56. The van der Waals surface area contributed by atoms with Gasteiger partial charge in [0.2, 0.25) is 0 Å². The predicted octanol–water partition coefficient (Wildman–Crippen LogP) is 2.52. The first-order valence-corrected chi connectivity index (χ1v) is 6.48. The minimum Gasteiger partial charge on any atom is -0.357 e. The molecular weight excluding hydrogens is 210 g/mol. The fourth-order valence-electron chi connectivity index (χ4n) is 2.12. The zero-order valence-electron chi connectivity index (χ0n) is 11.5. The van der Waals surface area contributed by atoms with Crippen molar-refractivity contribution >= 4 is 5.82 Å². The Morgan fingerprint density at radius 2 is 2.18 bits per heavy atom. The zero-order valence-corrected chi connectivity index (χ0v) is 11.5. The topological polar surface area (TPSA) is 42.2 Å². The fourth-order valence-corrected chi connectivity index (χ4v) is 2.12. The summed E-state index contributed by atoms with van der Waals surface area (Å²) in [6.07, 6.45) is 5.25. The summed E-state index contributed by atoms with van der Waals surface area (Å²) < 4.78 is 0. The first kappa shape index (κ1) is 14.0. The molecule has 0 fully saturated rings. The second-order valence-electron chi connectivity index (χ2n) is 4.77. The van der Waals surface area contributed by atoms with Gasteiger partial charge < -0.3 is 10.6 Å². The summed E-state index contributed by atoms with van der Waals surface area (Å²) in [7, 11) is 2.12. The van der Waals surface area contributed by atoms with E-state index in [9.17, 15) is 0 Å². The third-order valence-corrected chi connectivity index (χ3v) is 3.24. The van der Waals surface area contributed by atoms with Crippen LogP contribution in [0.25, 0.3) is 0 Å². The van der Waals surface area contributed by atoms with Crippen LogP contribution in [-0.2, 0) is 6.42 Å². The van der Waals surface area contributed by atoms with Gasteiger partial charge in [-0.25, -0.2) is 4.98 Å². The van der Waals surface area contributed by atoms with Crippen molar-refractivity contribution in [3.8, 4) is 0 Å². The van der Waals surface area contributed by atoms with Crippen LogP contribution in [0.5, 0.6) is 0 Å². The molecule has 3 heteroatoms. The second-order valence-corrected chi connectivity index (χ2v) is 4.77. The Morgan fingerprint density at radius 3 is 2.71 bits per heavy atom. The van der Waals surface area contributed by atoms with E-state index in [0.717, 1.165) is 12.2 Å². The van der Waals surface area contributed by atoms with Crippen molar-refractivity contribution in [2.24, 2.45) is 5.73 Å². The molecule has 1 rings (SSSR count). The van der Waals surface area contributed by atoms with E-state index in [1.165, 1.54) is 24.0 Å². The highest BCUT2D eigenvalue weighted by molar-refractivity contribution is 5.47. The molecule has 2 N–H and O–H groups in total. The van der Waals surface area contributed by atoms with E-state index in [0.29, 0.717) is 12.6 Å². The van der Waals surface area contributed by atoms with Crippen LogP contribution in [0.2, 0.25) is 0 Å². The van der Waals surface area contributed by atoms with Crippen molar-refractivity contribution in [2.45, 2.75) is 46.1 Å². The number of aromatic nitrogens is 1. The molecule has 0 aliphatic heterocycles. The molecule has 1 atom stereocenters. The monoisotopic (exact) mass is 235 g/mol. The lowest BCUT2D eigenvalue weighted by molar-refractivity contribution is 0.610. The lowest BCUT2D eigenvalue weighted by Gasteiger charge is -2.27. The first-order valence-electron chi connectivity index (χ1n) is 6.48. The Labute approximate surface area is 105 Å². The molecule has 0 spiro atoms. The van der Waals surface area contributed by atoms with E-state index < -0.39 is 0 Å². The van der Waals surface area contributed by atoms with Crippen molar-refractivity contribution in [3.05, 3.63) is 23.4 Å². The molecule has 96 valence electrons. The highest BCUT2D eigenvalue weighted by atomic mass is 15.2. The maximum Gasteiger partial charge on any atom is 0.131 e. The summed E-state index contributed by atoms with van der Waals surface area (Å²) in [5.41, 5.74) is 8.02. The molecule has 0 saturated carbocycles. The van der Waals surface area contributed by atoms with Gasteiger partial charge in [0.25, 0.3) is 0 Å². The van der Waals surface area contributed by atoms with Gasteiger partial charge in [0.1, 0.15) is 5.82 Å². The van der Waals surface area contributed by atoms with Gasteiger partial charge in [-0.05, 0) is 44.4 Å². The van der Waals surface area contributed by atoms with Crippen molar-refractivity contribution in [1.29, 1.82) is 0 Å². The van der Waals surface area contributed by atoms with Crippen LogP contribution >= 0.6 is 0 Å². The van der Waals surface area contributed by atoms with Crippen LogP contribution in [0.3, 0.4) is 0 Å². The average molecular weight is 235 g/mol. The first-order chi connectivity index (χ1) is 8.10. The van der Waals surface area contributed by atoms with Crippen LogP contribution in [0.1, 0.15) is 37.8 Å². The molecule has 0 radical (unpaired) electrons. The third kappa shape index (κ3) is 3.70. The largest absolute Gasteiger partial charge is 0.357 e. The molecule has 3 nitrogen and oxygen atoms in total. The molecule has 0 aliphatic carbocycles. The summed E-state index contributed by atoms with van der Waals surface area (Å²) in [4.78, 5) is 6.84. The number of nitrogens with two attached hydrogens (primary N) is 1. The molecule has 0 bridgehead atoms. The summed E-state index contributed by atoms with van der Waals surface area (Å²) in [6, 6.07) is 2.73. The average Bonchev–Trinajstić information content (AvgIpc) is 2.29. The summed E-state index contributed by atoms with van der Waals surface area (Å²) >= 11 is 0. The van der Waals surface area contributed by atoms with Gasteiger partial charge in [-0.2, -0.15) is 0 Å². The number of aryl methyl sites for hydroxylation is 1. The maximum absolute atomic E-state index is 5.56. The van der Waals surface area contributed by atoms with E-state index in [2.05, 4.69) is 43.8 Å². The number of pyridine rings is 1. The Morgan fingerprint density at radius 1 is 1.47 bits per heavy atom. The molecule has 0 aromatic carbocycles. The van der Waals surface area contributed by atoms with Crippen LogP contribution in [0.15, 0.2) is 12.3 Å². The van der Waals surface area contributed by atoms with Crippen molar-refractivity contribution < 1.29 is 0 Å². The molecule has 0 amide bonds. The number of anilines is 1. The molecule has 1 unspecified atom stereocenters. The van der Waals surface area contributed by atoms with Crippen LogP contribution < -0.4 is 10.6 Å². The van der Waals surface area contributed by atoms with E-state index in [4.69, 9.17) is 5.73 Å². The minimum atomic E-state index is 0.534. The number of hydrogen-bond acceptors (Lipinski definition) is 3. The van der Waals surface area contributed by atoms with Gasteiger partial charge in [0, 0.05) is 19.3 Å². The second kappa shape index (κ2) is 6.60. The van der Waals surface area contributed by atoms with Gasteiger partial charge in [-0.3, -0.25) is 0 Å². The highest BCUT2D eigenvalue weighted by Crippen LogP contribution is 2.20. The fraction of sp³-hybridized carbons (Fsp3) is 0.643. The minimum absolute atomic E-state index is 0.534. The van der Waals surface area contributed by atoms with Crippen molar-refractivity contribution in [3.63, 3.8) is 0 Å². The standard InChI is InChI=1S/C14H25N3/c1-5-6-12(3)17(4)14-11(2)9-13(7-8-15)10-16-14/h9-10,12H,5-8,15H2,1-4H3. The van der Waals surface area contributed by atoms with E-state index >= 15 is 0 Å². The Hall–Kier alpha value is -1.09. The molecule has 0 saturated heterocycles. The van der Waals surface area contributed by atoms with Crippen LogP contribution in [0, 0.1) is 6.92 Å². The van der Waals surface area contributed by atoms with E-state index in [1.54, 1.807) is 0 Å². The molecule has 1 aromatic heterocycles. The molecule has 1 aromatic rings. The molecule has 17 heavy (non-hydrogen) atoms. The Kier molecular flexibility index (Phi) is 5.42. The number of nitrogens with zero attached hydrogens (tertiary/aromatic N) is 2. The van der Waals surface area contributed by atoms with Gasteiger partial charge >= 0.3 is 0 Å². The van der Waals surface area contributed by atoms with E-state index in [1.807, 2.05) is 6.20 Å². The lowest BCUT2D eigenvalue weighted by atomic mass is 10.1. The summed E-state index contributed by atoms with van der Waals surface area (Å²) in [5, 5.41) is 0. The Balaban J connectivity index is 2.83. The van der Waals surface area contributed by atoms with Crippen LogP contribution in [-0.4, -0.2) is 24.6 Å². The van der Waals surface area contributed by atoms with Gasteiger partial charge in [0.05, 0.1) is 0 Å². The number of hydrogen-bond donors (Lipinski definition) is 1. The van der Waals surface area contributed by atoms with Crippen LogP contribution in [0.4, 0.5) is 5.82 Å². The third-order valence-electron chi connectivity index (χ3n) is 3.24. The SMILES string of the molecule is CCCC(C)N(C)c1ncc(CCN)cc1C. The Bertz CT molecular complexity index is 349. The summed E-state index contributed by atoms with van der Waals surface area (Å²) in [6.45, 7) is 7.27. The highest BCUT2D eigenvalue weighted by Gasteiger charge is 2.12. The van der Waals surface area contributed by atoms with Crippen molar-refractivity contribution in [2.75, 3.05) is 18.5 Å². The van der Waals surface area contributed by atoms with Crippen molar-refractivity contribution in [1.82, 2.24) is 4.98 Å². The van der Waals surface area contributed by atoms with E-state index in [-0.39, 0.29) is 0 Å². The summed E-state index contributed by atoms with van der Waals surface area (Å²) in [5.74, 6) is 1.09. The normalized spacial score (nSPS) is 12.5. The zero-order chi connectivity index (χ0) is 12.8. The molecule has 1 heterocycles. The molecule has 0 aliphatic rings. The quantitative estimate of drug-likeness (QED) is 0.824. The van der Waals surface area contributed by atoms with Gasteiger partial charge in [0.15, 0.2) is 0 Å². The number of rotatable bonds is 6. The van der Waals surface area contributed by atoms with Gasteiger partial charge in [-0.1, -0.05) is 19.4 Å². The lowest BCUT2D eigenvalue weighted by Crippen LogP contribution is -2.30. The predicted molar refractivity (Wildman–Crippen MR) is 74.5 cm³/mol. The van der Waals surface area contributed by atoms with Gasteiger partial charge in [-0.15, -0.1) is 0 Å². The smallest absolute Gasteiger partial charge is 0.131 e. The molecular formula is C14H25N3.